The minimum atomic E-state index is 1.00. The molecule has 1 aromatic rings. The summed E-state index contributed by atoms with van der Waals surface area (Å²) in [6.07, 6.45) is 2.56. The first-order valence-corrected chi connectivity index (χ1v) is 4.65. The Morgan fingerprint density at radius 2 is 1.08 bits per heavy atom. The van der Waals surface area contributed by atoms with Crippen molar-refractivity contribution >= 4 is 0 Å². The molecule has 0 radical (unpaired) electrons. The summed E-state index contributed by atoms with van der Waals surface area (Å²) in [5.74, 6) is 0. The molecule has 1 aromatic carbocycles. The summed E-state index contributed by atoms with van der Waals surface area (Å²) in [5.41, 5.74) is 4.50. The van der Waals surface area contributed by atoms with E-state index >= 15 is 0 Å². The monoisotopic (exact) mass is 181 g/mol. The molecule has 1 aliphatic rings. The van der Waals surface area contributed by atoms with Crippen LogP contribution >= 0.6 is 0 Å². The Labute approximate surface area is 80.7 Å². The fraction of sp³-hybridized carbons (Fsp3) is 0.455. The van der Waals surface area contributed by atoms with E-state index in [1.54, 1.807) is 0 Å². The molecular formula is C11H19NO. The van der Waals surface area contributed by atoms with Crippen LogP contribution in [-0.2, 0) is 4.74 Å². The topological polar surface area (TPSA) is 35.2 Å². The van der Waals surface area contributed by atoms with Gasteiger partial charge in [-0.2, -0.15) is 0 Å². The highest BCUT2D eigenvalue weighted by Gasteiger charge is 1.94. The van der Waals surface area contributed by atoms with Gasteiger partial charge in [-0.1, -0.05) is 36.4 Å². The lowest BCUT2D eigenvalue weighted by molar-refractivity contribution is 0.198. The Hall–Kier alpha value is -0.860. The first kappa shape index (κ1) is 12.1. The zero-order chi connectivity index (χ0) is 9.78. The SMILES string of the molecule is C1CCOC1.CN.c1ccccc1. The lowest BCUT2D eigenvalue weighted by Crippen LogP contribution is -1.74. The number of rotatable bonds is 0. The van der Waals surface area contributed by atoms with Crippen LogP contribution in [-0.4, -0.2) is 20.3 Å². The summed E-state index contributed by atoms with van der Waals surface area (Å²) in [7, 11) is 1.50. The van der Waals surface area contributed by atoms with E-state index in [0.29, 0.717) is 0 Å². The smallest absolute Gasteiger partial charge is 0.0466 e. The van der Waals surface area contributed by atoms with Gasteiger partial charge in [-0.05, 0) is 19.9 Å². The summed E-state index contributed by atoms with van der Waals surface area (Å²) in [6.45, 7) is 2.00. The van der Waals surface area contributed by atoms with Crippen LogP contribution in [0.4, 0.5) is 0 Å². The second kappa shape index (κ2) is 11.1. The summed E-state index contributed by atoms with van der Waals surface area (Å²) in [6, 6.07) is 12.0. The van der Waals surface area contributed by atoms with Crippen molar-refractivity contribution in [2.75, 3.05) is 20.3 Å². The Bertz CT molecular complexity index is 127. The van der Waals surface area contributed by atoms with Gasteiger partial charge in [0.2, 0.25) is 0 Å². The van der Waals surface area contributed by atoms with Crippen LogP contribution in [0.15, 0.2) is 36.4 Å². The van der Waals surface area contributed by atoms with Crippen LogP contribution in [0.2, 0.25) is 0 Å². The van der Waals surface area contributed by atoms with Crippen molar-refractivity contribution in [1.29, 1.82) is 0 Å². The van der Waals surface area contributed by atoms with Gasteiger partial charge in [0.05, 0.1) is 0 Å². The van der Waals surface area contributed by atoms with E-state index in [1.807, 2.05) is 36.4 Å². The average molecular weight is 181 g/mol. The quantitative estimate of drug-likeness (QED) is 0.665. The van der Waals surface area contributed by atoms with Gasteiger partial charge in [0.25, 0.3) is 0 Å². The molecule has 0 atom stereocenters. The number of hydrogen-bond acceptors (Lipinski definition) is 2. The summed E-state index contributed by atoms with van der Waals surface area (Å²) in [4.78, 5) is 0. The molecule has 0 amide bonds. The molecule has 0 spiro atoms. The van der Waals surface area contributed by atoms with Crippen LogP contribution in [0.3, 0.4) is 0 Å². The summed E-state index contributed by atoms with van der Waals surface area (Å²) >= 11 is 0. The van der Waals surface area contributed by atoms with Crippen molar-refractivity contribution in [1.82, 2.24) is 0 Å². The average Bonchev–Trinajstić information content (AvgIpc) is 2.82. The van der Waals surface area contributed by atoms with Crippen molar-refractivity contribution in [2.24, 2.45) is 5.73 Å². The third-order valence-corrected chi connectivity index (χ3v) is 1.49. The summed E-state index contributed by atoms with van der Waals surface area (Å²) < 4.78 is 4.94. The highest BCUT2D eigenvalue weighted by molar-refractivity contribution is 4.99. The normalized spacial score (nSPS) is 13.4. The molecule has 13 heavy (non-hydrogen) atoms. The van der Waals surface area contributed by atoms with E-state index in [2.05, 4.69) is 5.73 Å². The molecule has 2 nitrogen and oxygen atoms in total. The number of hydrogen-bond donors (Lipinski definition) is 1. The molecule has 1 aliphatic heterocycles. The molecule has 1 heterocycles. The van der Waals surface area contributed by atoms with Gasteiger partial charge < -0.3 is 10.5 Å². The lowest BCUT2D eigenvalue weighted by atomic mass is 10.4. The van der Waals surface area contributed by atoms with Gasteiger partial charge in [-0.3, -0.25) is 0 Å². The van der Waals surface area contributed by atoms with E-state index < -0.39 is 0 Å². The van der Waals surface area contributed by atoms with Gasteiger partial charge in [0, 0.05) is 13.2 Å². The van der Waals surface area contributed by atoms with Crippen LogP contribution in [0.25, 0.3) is 0 Å². The molecule has 0 saturated carbocycles. The molecule has 0 aromatic heterocycles. The zero-order valence-electron chi connectivity index (χ0n) is 8.28. The van der Waals surface area contributed by atoms with Crippen molar-refractivity contribution < 1.29 is 4.74 Å². The Kier molecular flexibility index (Phi) is 10.4. The van der Waals surface area contributed by atoms with Crippen molar-refractivity contribution in [2.45, 2.75) is 12.8 Å². The Morgan fingerprint density at radius 3 is 1.23 bits per heavy atom. The van der Waals surface area contributed by atoms with Gasteiger partial charge in [0.1, 0.15) is 0 Å². The molecular weight excluding hydrogens is 162 g/mol. The molecule has 1 fully saturated rings. The van der Waals surface area contributed by atoms with Gasteiger partial charge in [-0.25, -0.2) is 0 Å². The van der Waals surface area contributed by atoms with Crippen LogP contribution < -0.4 is 5.73 Å². The number of benzene rings is 1. The maximum absolute atomic E-state index is 4.94. The van der Waals surface area contributed by atoms with E-state index in [-0.39, 0.29) is 0 Å². The third kappa shape index (κ3) is 9.05. The van der Waals surface area contributed by atoms with Crippen molar-refractivity contribution in [3.8, 4) is 0 Å². The zero-order valence-corrected chi connectivity index (χ0v) is 8.28. The van der Waals surface area contributed by atoms with E-state index in [4.69, 9.17) is 4.74 Å². The Morgan fingerprint density at radius 1 is 0.769 bits per heavy atom. The molecule has 0 bridgehead atoms. The van der Waals surface area contributed by atoms with Crippen LogP contribution in [0.5, 0.6) is 0 Å². The highest BCUT2D eigenvalue weighted by Crippen LogP contribution is 1.98. The molecule has 0 aliphatic carbocycles. The predicted molar refractivity (Wildman–Crippen MR) is 56.6 cm³/mol. The second-order valence-corrected chi connectivity index (χ2v) is 2.47. The number of nitrogens with two attached hydrogens (primary N) is 1. The molecule has 0 unspecified atom stereocenters. The van der Waals surface area contributed by atoms with E-state index in [1.165, 1.54) is 19.9 Å². The molecule has 2 N–H and O–H groups in total. The maximum atomic E-state index is 4.94. The molecule has 2 rings (SSSR count). The van der Waals surface area contributed by atoms with Gasteiger partial charge >= 0.3 is 0 Å². The van der Waals surface area contributed by atoms with Crippen molar-refractivity contribution in [3.63, 3.8) is 0 Å². The molecule has 1 saturated heterocycles. The predicted octanol–water partition coefficient (Wildman–Crippen LogP) is 2.06. The fourth-order valence-corrected chi connectivity index (χ4v) is 0.895. The van der Waals surface area contributed by atoms with Crippen LogP contribution in [0.1, 0.15) is 12.8 Å². The minimum absolute atomic E-state index is 1.00. The van der Waals surface area contributed by atoms with Gasteiger partial charge in [-0.15, -0.1) is 0 Å². The standard InChI is InChI=1S/C6H6.C4H8O.CH5N/c1-2-4-6-5-3-1;1-2-4-5-3-1;1-2/h1-6H;1-4H2;2H2,1H3. The first-order valence-electron chi connectivity index (χ1n) is 4.65. The largest absolute Gasteiger partial charge is 0.381 e. The van der Waals surface area contributed by atoms with E-state index in [0.717, 1.165) is 13.2 Å². The van der Waals surface area contributed by atoms with Crippen molar-refractivity contribution in [3.05, 3.63) is 36.4 Å². The lowest BCUT2D eigenvalue weighted by Gasteiger charge is -1.76. The second-order valence-electron chi connectivity index (χ2n) is 2.47. The molecule has 2 heteroatoms. The minimum Gasteiger partial charge on any atom is -0.381 e. The highest BCUT2D eigenvalue weighted by atomic mass is 16.5. The number of ether oxygens (including phenoxy) is 1. The maximum Gasteiger partial charge on any atom is 0.0466 e. The third-order valence-electron chi connectivity index (χ3n) is 1.49. The molecule has 74 valence electrons. The first-order chi connectivity index (χ1) is 6.50. The van der Waals surface area contributed by atoms with Gasteiger partial charge in [0.15, 0.2) is 0 Å². The van der Waals surface area contributed by atoms with E-state index in [9.17, 15) is 0 Å². The van der Waals surface area contributed by atoms with Crippen LogP contribution in [0, 0.1) is 0 Å². The Balaban J connectivity index is 0.000000189. The fourth-order valence-electron chi connectivity index (χ4n) is 0.895. The summed E-state index contributed by atoms with van der Waals surface area (Å²) in [5, 5.41) is 0.